The van der Waals surface area contributed by atoms with Gasteiger partial charge in [0.05, 0.1) is 17.3 Å². The number of rotatable bonds is 11. The van der Waals surface area contributed by atoms with E-state index in [1.54, 1.807) is 23.9 Å². The summed E-state index contributed by atoms with van der Waals surface area (Å²) in [4.78, 5) is 36.7. The minimum atomic E-state index is -1.27. The number of thioether (sulfide) groups is 1. The predicted molar refractivity (Wildman–Crippen MR) is 192 cm³/mol. The van der Waals surface area contributed by atoms with Crippen molar-refractivity contribution in [1.82, 2.24) is 25.1 Å². The van der Waals surface area contributed by atoms with Gasteiger partial charge in [0.1, 0.15) is 34.4 Å². The quantitative estimate of drug-likeness (QED) is 0.116. The van der Waals surface area contributed by atoms with E-state index in [1.165, 1.54) is 24.5 Å². The molecule has 3 aromatic rings. The normalized spacial score (nSPS) is 19.0. The maximum absolute atomic E-state index is 14.7. The number of aromatic nitrogens is 4. The van der Waals surface area contributed by atoms with Gasteiger partial charge in [0, 0.05) is 36.7 Å². The molecule has 14 heteroatoms. The fourth-order valence-electron chi connectivity index (χ4n) is 5.70. The van der Waals surface area contributed by atoms with Crippen LogP contribution in [0.4, 0.5) is 21.7 Å². The Hall–Kier alpha value is -3.13. The van der Waals surface area contributed by atoms with Crippen LogP contribution in [0.1, 0.15) is 46.5 Å². The van der Waals surface area contributed by atoms with Gasteiger partial charge >= 0.3 is 5.97 Å². The zero-order valence-electron chi connectivity index (χ0n) is 28.5. The number of carbonyl (C=O) groups excluding carboxylic acids is 2. The maximum Gasteiger partial charge on any atom is 0.309 e. The van der Waals surface area contributed by atoms with Gasteiger partial charge in [-0.1, -0.05) is 31.2 Å². The average Bonchev–Trinajstić information content (AvgIpc) is 2.97. The van der Waals surface area contributed by atoms with Crippen LogP contribution in [-0.2, 0) is 14.3 Å². The molecule has 1 aliphatic heterocycles. The molecule has 2 fully saturated rings. The van der Waals surface area contributed by atoms with Crippen LogP contribution in [0.3, 0.4) is 0 Å². The van der Waals surface area contributed by atoms with Gasteiger partial charge in [-0.05, 0) is 95.6 Å². The standard InChI is InChI=1S/C34H45ClFN7O3SSi/c1-34(2,3)46-33(45)21-9-11-43(12-10-21)24-15-22(16-24)31(44)40-30-19-29(37-20-38-30)39-28-18-27(25-17-23(35)7-8-26(25)36)41-42-32(28)47-13-14-48(4,5)6/h7-8,17-22,24H,9-16H2,1-6H3,(H2,37,38,39,40,41,44). The van der Waals surface area contributed by atoms with Gasteiger partial charge in [-0.15, -0.1) is 22.0 Å². The molecule has 1 aromatic carbocycles. The second-order valence-electron chi connectivity index (χ2n) is 14.8. The van der Waals surface area contributed by atoms with Crippen molar-refractivity contribution in [1.29, 1.82) is 0 Å². The molecule has 0 radical (unpaired) electrons. The number of piperidine rings is 1. The number of amides is 1. The topological polar surface area (TPSA) is 122 Å². The largest absolute Gasteiger partial charge is 0.460 e. The minimum Gasteiger partial charge on any atom is -0.460 e. The Morgan fingerprint density at radius 1 is 1.04 bits per heavy atom. The minimum absolute atomic E-state index is 0.0624. The van der Waals surface area contributed by atoms with Gasteiger partial charge in [0.15, 0.2) is 0 Å². The van der Waals surface area contributed by atoms with Crippen LogP contribution in [0.2, 0.25) is 30.7 Å². The Balaban J connectivity index is 1.20. The van der Waals surface area contributed by atoms with Gasteiger partial charge in [0.25, 0.3) is 0 Å². The Morgan fingerprint density at radius 2 is 1.75 bits per heavy atom. The van der Waals surface area contributed by atoms with Crippen molar-refractivity contribution in [3.8, 4) is 11.3 Å². The fourth-order valence-corrected chi connectivity index (χ4v) is 9.29. The third-order valence-corrected chi connectivity index (χ3v) is 11.8. The van der Waals surface area contributed by atoms with E-state index >= 15 is 0 Å². The van der Waals surface area contributed by atoms with Crippen molar-refractivity contribution in [3.05, 3.63) is 47.5 Å². The van der Waals surface area contributed by atoms with Crippen molar-refractivity contribution >= 4 is 60.6 Å². The van der Waals surface area contributed by atoms with Crippen LogP contribution < -0.4 is 10.6 Å². The van der Waals surface area contributed by atoms with E-state index in [-0.39, 0.29) is 29.3 Å². The van der Waals surface area contributed by atoms with Gasteiger partial charge in [0.2, 0.25) is 5.91 Å². The molecule has 0 unspecified atom stereocenters. The highest BCUT2D eigenvalue weighted by molar-refractivity contribution is 7.99. The molecule has 0 spiro atoms. The number of nitrogens with one attached hydrogen (secondary N) is 2. The molecule has 1 saturated heterocycles. The molecule has 2 aromatic heterocycles. The number of benzene rings is 1. The van der Waals surface area contributed by atoms with E-state index in [1.807, 2.05) is 20.8 Å². The number of esters is 1. The molecule has 1 aliphatic carbocycles. The highest BCUT2D eigenvalue weighted by Crippen LogP contribution is 2.36. The average molecular weight is 714 g/mol. The van der Waals surface area contributed by atoms with Gasteiger partial charge < -0.3 is 20.3 Å². The number of hydrogen-bond donors (Lipinski definition) is 2. The maximum atomic E-state index is 14.7. The smallest absolute Gasteiger partial charge is 0.309 e. The number of likely N-dealkylation sites (tertiary alicyclic amines) is 1. The molecule has 1 amide bonds. The first-order valence-electron chi connectivity index (χ1n) is 16.5. The molecule has 10 nitrogen and oxygen atoms in total. The molecule has 0 bridgehead atoms. The van der Waals surface area contributed by atoms with Crippen LogP contribution in [0.15, 0.2) is 41.7 Å². The molecule has 48 heavy (non-hydrogen) atoms. The molecule has 1 saturated carbocycles. The first-order valence-corrected chi connectivity index (χ1v) is 21.5. The fraction of sp³-hybridized carbons (Fsp3) is 0.529. The summed E-state index contributed by atoms with van der Waals surface area (Å²) in [7, 11) is -1.27. The van der Waals surface area contributed by atoms with E-state index in [0.29, 0.717) is 39.1 Å². The second kappa shape index (κ2) is 15.2. The second-order valence-corrected chi connectivity index (χ2v) is 21.9. The Bertz CT molecular complexity index is 1620. The number of anilines is 3. The summed E-state index contributed by atoms with van der Waals surface area (Å²) in [5.74, 6) is 0.901. The summed E-state index contributed by atoms with van der Waals surface area (Å²) in [6.45, 7) is 14.3. The lowest BCUT2D eigenvalue weighted by Crippen LogP contribution is -2.51. The van der Waals surface area contributed by atoms with Gasteiger partial charge in [-0.3, -0.25) is 9.59 Å². The van der Waals surface area contributed by atoms with Gasteiger partial charge in [-0.2, -0.15) is 0 Å². The van der Waals surface area contributed by atoms with Crippen LogP contribution >= 0.6 is 23.4 Å². The van der Waals surface area contributed by atoms with Crippen molar-refractivity contribution in [2.75, 3.05) is 29.5 Å². The zero-order valence-corrected chi connectivity index (χ0v) is 31.1. The molecule has 258 valence electrons. The highest BCUT2D eigenvalue weighted by atomic mass is 35.5. The van der Waals surface area contributed by atoms with E-state index < -0.39 is 19.5 Å². The van der Waals surface area contributed by atoms with Crippen molar-refractivity contribution in [2.24, 2.45) is 11.8 Å². The summed E-state index contributed by atoms with van der Waals surface area (Å²) < 4.78 is 20.3. The van der Waals surface area contributed by atoms with E-state index in [0.717, 1.165) is 50.6 Å². The molecular formula is C34H45ClFN7O3SSi. The van der Waals surface area contributed by atoms with E-state index in [2.05, 4.69) is 55.3 Å². The zero-order chi connectivity index (χ0) is 34.6. The summed E-state index contributed by atoms with van der Waals surface area (Å²) in [6, 6.07) is 9.16. The number of nitrogens with zero attached hydrogens (tertiary/aromatic N) is 5. The third-order valence-electron chi connectivity index (χ3n) is 8.51. The number of halogens is 2. The van der Waals surface area contributed by atoms with Crippen molar-refractivity contribution in [2.45, 2.75) is 88.8 Å². The molecule has 5 rings (SSSR count). The molecule has 2 aliphatic rings. The van der Waals surface area contributed by atoms with Crippen LogP contribution in [0.5, 0.6) is 0 Å². The summed E-state index contributed by atoms with van der Waals surface area (Å²) in [5, 5.41) is 16.1. The molecule has 3 heterocycles. The summed E-state index contributed by atoms with van der Waals surface area (Å²) in [6.07, 6.45) is 4.48. The molecular weight excluding hydrogens is 669 g/mol. The van der Waals surface area contributed by atoms with Crippen LogP contribution in [0.25, 0.3) is 11.3 Å². The van der Waals surface area contributed by atoms with Crippen LogP contribution in [-0.4, -0.2) is 75.5 Å². The monoisotopic (exact) mass is 713 g/mol. The van der Waals surface area contributed by atoms with Crippen molar-refractivity contribution < 1.29 is 18.7 Å². The predicted octanol–water partition coefficient (Wildman–Crippen LogP) is 7.67. The summed E-state index contributed by atoms with van der Waals surface area (Å²) >= 11 is 7.74. The van der Waals surface area contributed by atoms with E-state index in [4.69, 9.17) is 16.3 Å². The van der Waals surface area contributed by atoms with Crippen LogP contribution in [0, 0.1) is 17.7 Å². The third kappa shape index (κ3) is 9.96. The Kier molecular flexibility index (Phi) is 11.4. The number of ether oxygens (including phenoxy) is 1. The summed E-state index contributed by atoms with van der Waals surface area (Å²) in [5.41, 5.74) is 0.728. The SMILES string of the molecule is CC(C)(C)OC(=O)C1CCN(C2CC(C(=O)Nc3cc(Nc4cc(-c5cc(Cl)ccc5F)nnc4SCC[Si](C)(C)C)ncn3)C2)CC1. The first kappa shape index (κ1) is 36.2. The van der Waals surface area contributed by atoms with E-state index in [9.17, 15) is 14.0 Å². The molecule has 2 N–H and O–H groups in total. The Labute approximate surface area is 292 Å². The highest BCUT2D eigenvalue weighted by Gasteiger charge is 2.40. The first-order chi connectivity index (χ1) is 22.6. The van der Waals surface area contributed by atoms with Crippen molar-refractivity contribution in [3.63, 3.8) is 0 Å². The lowest BCUT2D eigenvalue weighted by Gasteiger charge is -2.44. The lowest BCUT2D eigenvalue weighted by molar-refractivity contribution is -0.162. The molecule has 0 atom stereocenters. The lowest BCUT2D eigenvalue weighted by atomic mass is 9.77. The number of hydrogen-bond acceptors (Lipinski definition) is 10. The Morgan fingerprint density at radius 3 is 2.44 bits per heavy atom. The number of carbonyl (C=O) groups is 2. The van der Waals surface area contributed by atoms with Gasteiger partial charge in [-0.25, -0.2) is 14.4 Å².